The molecule has 3 saturated heterocycles. The van der Waals surface area contributed by atoms with Crippen LogP contribution < -0.4 is 15.4 Å². The quantitative estimate of drug-likeness (QED) is 0.291. The van der Waals surface area contributed by atoms with E-state index in [4.69, 9.17) is 35.2 Å². The lowest BCUT2D eigenvalue weighted by molar-refractivity contribution is 0.0321. The number of aliphatic hydroxyl groups is 1. The fraction of sp³-hybridized carbons (Fsp3) is 0.639. The number of ether oxygens (including phenoxy) is 1. The summed E-state index contributed by atoms with van der Waals surface area (Å²) in [5.41, 5.74) is 9.23. The average molecular weight is 682 g/mol. The molecule has 8 heterocycles. The topological polar surface area (TPSA) is 155 Å². The first-order valence-electron chi connectivity index (χ1n) is 18.3. The summed E-state index contributed by atoms with van der Waals surface area (Å²) >= 11 is 1.55. The Balaban J connectivity index is 1.16. The second kappa shape index (κ2) is 10.6. The summed E-state index contributed by atoms with van der Waals surface area (Å²) in [6, 6.07) is 3.62. The van der Waals surface area contributed by atoms with Gasteiger partial charge in [0, 0.05) is 29.1 Å². The fourth-order valence-corrected chi connectivity index (χ4v) is 11.7. The number of aryl methyl sites for hydroxylation is 1. The molecule has 0 bridgehead atoms. The van der Waals surface area contributed by atoms with E-state index < -0.39 is 11.0 Å². The molecule has 12 nitrogen and oxygen atoms in total. The first kappa shape index (κ1) is 30.1. The first-order valence-corrected chi connectivity index (χ1v) is 19.1. The van der Waals surface area contributed by atoms with Gasteiger partial charge in [-0.3, -0.25) is 4.90 Å². The number of anilines is 2. The van der Waals surface area contributed by atoms with Crippen molar-refractivity contribution in [3.8, 4) is 23.5 Å². The van der Waals surface area contributed by atoms with Crippen LogP contribution in [-0.4, -0.2) is 78.3 Å². The minimum absolute atomic E-state index is 0.0649. The summed E-state index contributed by atoms with van der Waals surface area (Å²) in [4.78, 5) is 16.7. The van der Waals surface area contributed by atoms with E-state index in [9.17, 15) is 10.4 Å². The molecule has 2 aliphatic carbocycles. The van der Waals surface area contributed by atoms with E-state index in [2.05, 4.69) is 27.5 Å². The number of aromatic nitrogens is 5. The number of nitriles is 1. The second-order valence-corrected chi connectivity index (χ2v) is 16.9. The maximum absolute atomic E-state index is 11.3. The Hall–Kier alpha value is -3.73. The standard InChI is InChI=1S/C36H43N9O3S/c1-19(24-10-9-20-6-5-15-43(20)24)45-33-26-32(44-18-35(2,46)14-11-21(44)17-47-34(26)41-45)39-31(40-33)28-22-7-3-12-36(29(22)48-42-28)13-4-8-25-27(36)23(16-37)30(38)49-25/h19-21,24,46H,3-15,17-18,38H2,1-2H3/t19-,20+,21+,24-,35+,36-/m0/s1. The van der Waals surface area contributed by atoms with E-state index >= 15 is 0 Å². The van der Waals surface area contributed by atoms with Gasteiger partial charge in [-0.15, -0.1) is 16.4 Å². The minimum atomic E-state index is -0.852. The summed E-state index contributed by atoms with van der Waals surface area (Å²) in [5.74, 6) is 2.68. The van der Waals surface area contributed by atoms with E-state index in [1.54, 1.807) is 11.3 Å². The summed E-state index contributed by atoms with van der Waals surface area (Å²) in [7, 11) is 0. The molecule has 3 fully saturated rings. The zero-order valence-electron chi connectivity index (χ0n) is 28.2. The first-order chi connectivity index (χ1) is 23.8. The highest BCUT2D eigenvalue weighted by Crippen LogP contribution is 2.55. The molecule has 256 valence electrons. The Morgan fingerprint density at radius 3 is 2.80 bits per heavy atom. The lowest BCUT2D eigenvalue weighted by Gasteiger charge is -2.42. The molecule has 0 radical (unpaired) electrons. The van der Waals surface area contributed by atoms with Gasteiger partial charge in [0.2, 0.25) is 5.88 Å². The van der Waals surface area contributed by atoms with Crippen molar-refractivity contribution in [2.45, 2.75) is 126 Å². The minimum Gasteiger partial charge on any atom is -0.474 e. The molecule has 49 heavy (non-hydrogen) atoms. The number of thiophene rings is 1. The second-order valence-electron chi connectivity index (χ2n) is 15.7. The lowest BCUT2D eigenvalue weighted by atomic mass is 9.63. The maximum Gasteiger partial charge on any atom is 0.246 e. The SMILES string of the molecule is C[C@@H]([C@@H]1CC[C@H]2CCCN21)n1nc2c3c(nc(-c4noc5c4CCC[C@@]54CCCc5sc(N)c(C#N)c54)nc31)N1C[C@](C)(O)CC[C@@H]1CO2. The Kier molecular flexibility index (Phi) is 6.54. The fourth-order valence-electron chi connectivity index (χ4n) is 10.5. The van der Waals surface area contributed by atoms with Crippen molar-refractivity contribution < 1.29 is 14.4 Å². The van der Waals surface area contributed by atoms with E-state index in [0.29, 0.717) is 59.6 Å². The summed E-state index contributed by atoms with van der Waals surface area (Å²) in [6.07, 6.45) is 11.9. The van der Waals surface area contributed by atoms with Crippen LogP contribution in [0, 0.1) is 11.3 Å². The Morgan fingerprint density at radius 2 is 1.94 bits per heavy atom. The van der Waals surface area contributed by atoms with Crippen LogP contribution in [0.2, 0.25) is 0 Å². The molecule has 6 aliphatic rings. The molecule has 13 heteroatoms. The van der Waals surface area contributed by atoms with Crippen LogP contribution in [0.5, 0.6) is 5.88 Å². The van der Waals surface area contributed by atoms with E-state index in [1.165, 1.54) is 24.1 Å². The van der Waals surface area contributed by atoms with Gasteiger partial charge in [0.15, 0.2) is 22.9 Å². The van der Waals surface area contributed by atoms with Gasteiger partial charge in [-0.05, 0) is 103 Å². The third kappa shape index (κ3) is 4.26. The summed E-state index contributed by atoms with van der Waals surface area (Å²) in [6.45, 7) is 6.24. The lowest BCUT2D eigenvalue weighted by Crippen LogP contribution is -2.53. The van der Waals surface area contributed by atoms with Crippen molar-refractivity contribution in [3.05, 3.63) is 27.3 Å². The summed E-state index contributed by atoms with van der Waals surface area (Å²) in [5, 5.41) is 32.8. The zero-order valence-corrected chi connectivity index (χ0v) is 29.1. The molecule has 0 amide bonds. The van der Waals surface area contributed by atoms with Crippen molar-refractivity contribution in [3.63, 3.8) is 0 Å². The maximum atomic E-state index is 11.3. The van der Waals surface area contributed by atoms with Crippen LogP contribution in [0.3, 0.4) is 0 Å². The third-order valence-electron chi connectivity index (χ3n) is 12.8. The molecule has 0 saturated carbocycles. The van der Waals surface area contributed by atoms with Crippen LogP contribution >= 0.6 is 11.3 Å². The predicted molar refractivity (Wildman–Crippen MR) is 185 cm³/mol. The van der Waals surface area contributed by atoms with Crippen LogP contribution in [0.1, 0.15) is 111 Å². The highest BCUT2D eigenvalue weighted by atomic mass is 32.1. The van der Waals surface area contributed by atoms with Gasteiger partial charge in [-0.1, -0.05) is 5.16 Å². The van der Waals surface area contributed by atoms with Crippen molar-refractivity contribution in [2.24, 2.45) is 0 Å². The Labute approximate surface area is 289 Å². The Morgan fingerprint density at radius 1 is 1.08 bits per heavy atom. The average Bonchev–Trinajstić information content (AvgIpc) is 3.90. The molecule has 6 atom stereocenters. The van der Waals surface area contributed by atoms with Gasteiger partial charge in [0.25, 0.3) is 0 Å². The Bertz CT molecular complexity index is 2040. The summed E-state index contributed by atoms with van der Waals surface area (Å²) < 4.78 is 15.0. The molecule has 4 aromatic rings. The van der Waals surface area contributed by atoms with Crippen LogP contribution in [0.15, 0.2) is 4.52 Å². The molecule has 0 aromatic carbocycles. The van der Waals surface area contributed by atoms with Gasteiger partial charge >= 0.3 is 0 Å². The normalized spacial score (nSPS) is 31.1. The van der Waals surface area contributed by atoms with Gasteiger partial charge in [0.1, 0.15) is 28.9 Å². The van der Waals surface area contributed by atoms with E-state index in [1.807, 2.05) is 6.92 Å². The molecule has 4 aromatic heterocycles. The molecule has 1 spiro atoms. The number of piperidine rings is 1. The number of fused-ring (bicyclic) bond motifs is 7. The molecule has 4 aliphatic heterocycles. The third-order valence-corrected chi connectivity index (χ3v) is 13.9. The molecule has 3 N–H and O–H groups in total. The monoisotopic (exact) mass is 681 g/mol. The molecular weight excluding hydrogens is 639 g/mol. The number of hydrogen-bond acceptors (Lipinski definition) is 12. The largest absolute Gasteiger partial charge is 0.474 e. The molecular formula is C36H43N9O3S. The van der Waals surface area contributed by atoms with Gasteiger partial charge in [-0.25, -0.2) is 14.6 Å². The zero-order chi connectivity index (χ0) is 33.2. The van der Waals surface area contributed by atoms with Gasteiger partial charge in [-0.2, -0.15) is 5.26 Å². The smallest absolute Gasteiger partial charge is 0.246 e. The number of nitrogens with zero attached hydrogens (tertiary/aromatic N) is 8. The number of nitrogen functional groups attached to an aromatic ring is 1. The van der Waals surface area contributed by atoms with Crippen molar-refractivity contribution in [1.29, 1.82) is 5.26 Å². The van der Waals surface area contributed by atoms with Crippen molar-refractivity contribution in [2.75, 3.05) is 30.3 Å². The van der Waals surface area contributed by atoms with Crippen LogP contribution in [0.4, 0.5) is 10.8 Å². The van der Waals surface area contributed by atoms with E-state index in [0.717, 1.165) is 91.6 Å². The van der Waals surface area contributed by atoms with Gasteiger partial charge in [0.05, 0.1) is 28.7 Å². The number of nitrogens with two attached hydrogens (primary N) is 1. The predicted octanol–water partition coefficient (Wildman–Crippen LogP) is 5.26. The van der Waals surface area contributed by atoms with Crippen LogP contribution in [0.25, 0.3) is 22.6 Å². The van der Waals surface area contributed by atoms with Crippen LogP contribution in [-0.2, 0) is 18.3 Å². The van der Waals surface area contributed by atoms with Crippen molar-refractivity contribution >= 4 is 33.2 Å². The number of hydrogen-bond donors (Lipinski definition) is 2. The number of rotatable bonds is 3. The highest BCUT2D eigenvalue weighted by molar-refractivity contribution is 7.16. The van der Waals surface area contributed by atoms with Crippen molar-refractivity contribution in [1.82, 2.24) is 29.8 Å². The highest BCUT2D eigenvalue weighted by Gasteiger charge is 2.49. The molecule has 10 rings (SSSR count). The molecule has 0 unspecified atom stereocenters. The van der Waals surface area contributed by atoms with E-state index in [-0.39, 0.29) is 12.1 Å². The van der Waals surface area contributed by atoms with Gasteiger partial charge < -0.3 is 25.0 Å².